The zero-order chi connectivity index (χ0) is 12.1. The minimum atomic E-state index is -0.457. The van der Waals surface area contributed by atoms with Gasteiger partial charge in [0.2, 0.25) is 0 Å². The number of nitrogens with one attached hydrogen (secondary N) is 1. The molecule has 3 nitrogen and oxygen atoms in total. The molecule has 17 heavy (non-hydrogen) atoms. The molecule has 2 rings (SSSR count). The van der Waals surface area contributed by atoms with Crippen molar-refractivity contribution in [3.05, 3.63) is 59.9 Å². The van der Waals surface area contributed by atoms with E-state index in [1.165, 1.54) is 12.1 Å². The van der Waals surface area contributed by atoms with Crippen LogP contribution in [-0.4, -0.2) is 5.21 Å². The number of hydroxylamine groups is 1. The van der Waals surface area contributed by atoms with Gasteiger partial charge >= 0.3 is 0 Å². The van der Waals surface area contributed by atoms with Gasteiger partial charge in [0.05, 0.1) is 0 Å². The molecule has 88 valence electrons. The Labute approximate surface area is 98.4 Å². The van der Waals surface area contributed by atoms with E-state index in [1.54, 1.807) is 18.2 Å². The number of para-hydroxylation sites is 1. The summed E-state index contributed by atoms with van der Waals surface area (Å²) in [6, 6.07) is 13.5. The second-order valence-corrected chi connectivity index (χ2v) is 3.51. The van der Waals surface area contributed by atoms with Crippen molar-refractivity contribution in [3.8, 4) is 11.5 Å². The lowest BCUT2D eigenvalue weighted by atomic mass is 10.2. The predicted molar refractivity (Wildman–Crippen MR) is 61.5 cm³/mol. The van der Waals surface area contributed by atoms with Crippen LogP contribution in [0, 0.1) is 5.82 Å². The van der Waals surface area contributed by atoms with E-state index in [-0.39, 0.29) is 12.3 Å². The maximum atomic E-state index is 13.6. The molecule has 0 aliphatic rings. The molecule has 0 unspecified atom stereocenters. The van der Waals surface area contributed by atoms with Gasteiger partial charge in [0.15, 0.2) is 11.6 Å². The molecule has 0 spiro atoms. The number of rotatable bonds is 4. The molecule has 0 aliphatic heterocycles. The zero-order valence-electron chi connectivity index (χ0n) is 9.06. The Morgan fingerprint density at radius 1 is 1.12 bits per heavy atom. The van der Waals surface area contributed by atoms with Crippen LogP contribution in [0.3, 0.4) is 0 Å². The van der Waals surface area contributed by atoms with E-state index in [4.69, 9.17) is 9.94 Å². The van der Waals surface area contributed by atoms with Gasteiger partial charge in [-0.05, 0) is 29.8 Å². The summed E-state index contributed by atoms with van der Waals surface area (Å²) in [4.78, 5) is 0. The van der Waals surface area contributed by atoms with E-state index in [2.05, 4.69) is 0 Å². The minimum absolute atomic E-state index is 0.165. The van der Waals surface area contributed by atoms with Crippen LogP contribution in [0.5, 0.6) is 11.5 Å². The highest BCUT2D eigenvalue weighted by molar-refractivity contribution is 5.34. The Balaban J connectivity index is 2.17. The van der Waals surface area contributed by atoms with Crippen LogP contribution in [0.15, 0.2) is 48.5 Å². The number of hydrogen-bond donors (Lipinski definition) is 2. The Bertz CT molecular complexity index is 488. The number of halogens is 1. The fraction of sp³-hybridized carbons (Fsp3) is 0.0769. The Kier molecular flexibility index (Phi) is 3.69. The molecule has 0 radical (unpaired) electrons. The molecule has 2 aromatic rings. The first-order valence-corrected chi connectivity index (χ1v) is 5.18. The molecule has 0 amide bonds. The third-order valence-corrected chi connectivity index (χ3v) is 2.25. The molecule has 0 heterocycles. The molecule has 4 heteroatoms. The van der Waals surface area contributed by atoms with Crippen LogP contribution in [-0.2, 0) is 6.54 Å². The first-order chi connectivity index (χ1) is 8.29. The summed E-state index contributed by atoms with van der Waals surface area (Å²) in [5, 5.41) is 8.51. The normalized spacial score (nSPS) is 10.2. The maximum Gasteiger partial charge on any atom is 0.166 e. The van der Waals surface area contributed by atoms with Crippen LogP contribution in [0.4, 0.5) is 4.39 Å². The smallest absolute Gasteiger partial charge is 0.166 e. The van der Waals surface area contributed by atoms with Gasteiger partial charge in [0.1, 0.15) is 5.75 Å². The topological polar surface area (TPSA) is 41.5 Å². The first kappa shape index (κ1) is 11.6. The van der Waals surface area contributed by atoms with Crippen molar-refractivity contribution in [2.45, 2.75) is 6.54 Å². The van der Waals surface area contributed by atoms with Crippen molar-refractivity contribution in [1.82, 2.24) is 5.48 Å². The van der Waals surface area contributed by atoms with Crippen molar-refractivity contribution in [1.29, 1.82) is 0 Å². The second kappa shape index (κ2) is 5.43. The summed E-state index contributed by atoms with van der Waals surface area (Å²) in [7, 11) is 0. The highest BCUT2D eigenvalue weighted by Crippen LogP contribution is 2.24. The van der Waals surface area contributed by atoms with E-state index in [1.807, 2.05) is 23.7 Å². The fourth-order valence-electron chi connectivity index (χ4n) is 1.44. The molecule has 0 aromatic heterocycles. The summed E-state index contributed by atoms with van der Waals surface area (Å²) in [6.07, 6.45) is 0. The van der Waals surface area contributed by atoms with Crippen LogP contribution >= 0.6 is 0 Å². The highest BCUT2D eigenvalue weighted by Gasteiger charge is 2.05. The largest absolute Gasteiger partial charge is 0.454 e. The molecular formula is C13H12FNO2. The van der Waals surface area contributed by atoms with Gasteiger partial charge in [-0.3, -0.25) is 0 Å². The van der Waals surface area contributed by atoms with Crippen LogP contribution in [0.1, 0.15) is 5.56 Å². The van der Waals surface area contributed by atoms with Crippen molar-refractivity contribution >= 4 is 0 Å². The average molecular weight is 233 g/mol. The van der Waals surface area contributed by atoms with Crippen molar-refractivity contribution in [3.63, 3.8) is 0 Å². The van der Waals surface area contributed by atoms with Gasteiger partial charge in [-0.2, -0.15) is 0 Å². The highest BCUT2D eigenvalue weighted by atomic mass is 19.1. The summed E-state index contributed by atoms with van der Waals surface area (Å²) < 4.78 is 19.0. The molecule has 0 atom stereocenters. The molecule has 0 fully saturated rings. The molecule has 0 saturated carbocycles. The number of benzene rings is 2. The van der Waals surface area contributed by atoms with Crippen molar-refractivity contribution in [2.75, 3.05) is 0 Å². The minimum Gasteiger partial charge on any atom is -0.454 e. The van der Waals surface area contributed by atoms with Crippen LogP contribution in [0.2, 0.25) is 0 Å². The lowest BCUT2D eigenvalue weighted by molar-refractivity contribution is 0.161. The van der Waals surface area contributed by atoms with Crippen LogP contribution < -0.4 is 10.2 Å². The van der Waals surface area contributed by atoms with Crippen LogP contribution in [0.25, 0.3) is 0 Å². The third kappa shape index (κ3) is 3.03. The Hall–Kier alpha value is -1.91. The third-order valence-electron chi connectivity index (χ3n) is 2.25. The molecular weight excluding hydrogens is 221 g/mol. The van der Waals surface area contributed by atoms with E-state index in [0.717, 1.165) is 0 Å². The first-order valence-electron chi connectivity index (χ1n) is 5.18. The number of ether oxygens (including phenoxy) is 1. The summed E-state index contributed by atoms with van der Waals surface area (Å²) in [5.74, 6) is 0.291. The molecule has 2 aromatic carbocycles. The number of hydrogen-bond acceptors (Lipinski definition) is 3. The van der Waals surface area contributed by atoms with Gasteiger partial charge in [-0.15, -0.1) is 0 Å². The van der Waals surface area contributed by atoms with Gasteiger partial charge in [0, 0.05) is 6.54 Å². The average Bonchev–Trinajstić information content (AvgIpc) is 2.34. The summed E-state index contributed by atoms with van der Waals surface area (Å²) in [5.41, 5.74) is 2.62. The van der Waals surface area contributed by atoms with E-state index < -0.39 is 5.82 Å². The molecule has 0 saturated heterocycles. The van der Waals surface area contributed by atoms with Gasteiger partial charge in [-0.1, -0.05) is 24.3 Å². The van der Waals surface area contributed by atoms with Gasteiger partial charge in [0.25, 0.3) is 0 Å². The Morgan fingerprint density at radius 3 is 2.53 bits per heavy atom. The molecule has 0 aliphatic carbocycles. The lowest BCUT2D eigenvalue weighted by Crippen LogP contribution is -2.06. The lowest BCUT2D eigenvalue weighted by Gasteiger charge is -2.07. The Morgan fingerprint density at radius 2 is 1.88 bits per heavy atom. The van der Waals surface area contributed by atoms with Gasteiger partial charge < -0.3 is 9.94 Å². The van der Waals surface area contributed by atoms with E-state index in [0.29, 0.717) is 11.3 Å². The monoisotopic (exact) mass is 233 g/mol. The predicted octanol–water partition coefficient (Wildman–Crippen LogP) is 3.10. The standard InChI is InChI=1S/C13H12FNO2/c14-12-8-10(9-15-16)6-7-13(12)17-11-4-2-1-3-5-11/h1-8,15-16H,9H2. The quantitative estimate of drug-likeness (QED) is 0.797. The SMILES string of the molecule is ONCc1ccc(Oc2ccccc2)c(F)c1. The zero-order valence-corrected chi connectivity index (χ0v) is 9.06. The van der Waals surface area contributed by atoms with Crippen molar-refractivity contribution in [2.24, 2.45) is 0 Å². The van der Waals surface area contributed by atoms with Gasteiger partial charge in [-0.25, -0.2) is 9.87 Å². The molecule has 0 bridgehead atoms. The fourth-order valence-corrected chi connectivity index (χ4v) is 1.44. The second-order valence-electron chi connectivity index (χ2n) is 3.51. The van der Waals surface area contributed by atoms with Crippen molar-refractivity contribution < 1.29 is 14.3 Å². The summed E-state index contributed by atoms with van der Waals surface area (Å²) in [6.45, 7) is 0.197. The van der Waals surface area contributed by atoms with E-state index >= 15 is 0 Å². The molecule has 2 N–H and O–H groups in total. The maximum absolute atomic E-state index is 13.6. The summed E-state index contributed by atoms with van der Waals surface area (Å²) >= 11 is 0. The van der Waals surface area contributed by atoms with E-state index in [9.17, 15) is 4.39 Å².